The van der Waals surface area contributed by atoms with Crippen LogP contribution in [0.5, 0.6) is 11.6 Å². The van der Waals surface area contributed by atoms with E-state index in [-0.39, 0.29) is 17.1 Å². The van der Waals surface area contributed by atoms with Gasteiger partial charge in [0.05, 0.1) is 11.8 Å². The van der Waals surface area contributed by atoms with Gasteiger partial charge in [-0.2, -0.15) is 23.3 Å². The number of rotatable bonds is 5. The maximum atomic E-state index is 13.0. The van der Waals surface area contributed by atoms with Crippen LogP contribution in [0, 0.1) is 6.92 Å². The molecule has 0 aliphatic carbocycles. The van der Waals surface area contributed by atoms with Gasteiger partial charge >= 0.3 is 6.18 Å². The van der Waals surface area contributed by atoms with Crippen LogP contribution in [0.15, 0.2) is 73.2 Å². The second-order valence-electron chi connectivity index (χ2n) is 8.21. The van der Waals surface area contributed by atoms with Crippen LogP contribution in [0.2, 0.25) is 0 Å². The fraction of sp³-hybridized carbons (Fsp3) is 0.115. The maximum absolute atomic E-state index is 13.0. The fourth-order valence-corrected chi connectivity index (χ4v) is 3.64. The highest BCUT2D eigenvalue weighted by molar-refractivity contribution is 6.04. The molecular weight excluding hydrogens is 485 g/mol. The van der Waals surface area contributed by atoms with Gasteiger partial charge in [-0.1, -0.05) is 12.1 Å². The topological polar surface area (TPSA) is 94.8 Å². The summed E-state index contributed by atoms with van der Waals surface area (Å²) in [6, 6.07) is 12.7. The van der Waals surface area contributed by atoms with Gasteiger partial charge in [-0.05, 0) is 55.0 Å². The molecule has 5 rings (SSSR count). The molecule has 3 aromatic heterocycles. The van der Waals surface area contributed by atoms with Crippen molar-refractivity contribution < 1.29 is 22.7 Å². The predicted molar refractivity (Wildman–Crippen MR) is 130 cm³/mol. The molecule has 186 valence electrons. The maximum Gasteiger partial charge on any atom is 0.416 e. The minimum atomic E-state index is -4.52. The van der Waals surface area contributed by atoms with Gasteiger partial charge in [-0.3, -0.25) is 14.5 Å². The van der Waals surface area contributed by atoms with Crippen molar-refractivity contribution in [3.63, 3.8) is 0 Å². The van der Waals surface area contributed by atoms with Crippen LogP contribution in [0.3, 0.4) is 0 Å². The van der Waals surface area contributed by atoms with Gasteiger partial charge in [-0.15, -0.1) is 0 Å². The molecule has 3 heterocycles. The molecule has 0 atom stereocenters. The second-order valence-corrected chi connectivity index (χ2v) is 8.21. The van der Waals surface area contributed by atoms with Crippen LogP contribution >= 0.6 is 0 Å². The lowest BCUT2D eigenvalue weighted by Crippen LogP contribution is -2.13. The molecule has 1 amide bonds. The molecular formula is C26H19F3N6O2. The van der Waals surface area contributed by atoms with Crippen LogP contribution < -0.4 is 10.1 Å². The number of ether oxygens (including phenoxy) is 1. The monoisotopic (exact) mass is 504 g/mol. The van der Waals surface area contributed by atoms with E-state index in [0.717, 1.165) is 23.3 Å². The molecule has 0 saturated heterocycles. The number of nitrogens with one attached hydrogen (secondary N) is 1. The van der Waals surface area contributed by atoms with E-state index in [1.165, 1.54) is 18.2 Å². The predicted octanol–water partition coefficient (Wildman–Crippen LogP) is 5.80. The van der Waals surface area contributed by atoms with Crippen molar-refractivity contribution in [2.75, 3.05) is 5.32 Å². The van der Waals surface area contributed by atoms with E-state index in [1.807, 2.05) is 0 Å². The highest BCUT2D eigenvalue weighted by Crippen LogP contribution is 2.33. The molecule has 0 saturated carbocycles. The molecule has 2 aromatic carbocycles. The van der Waals surface area contributed by atoms with Crippen molar-refractivity contribution in [2.45, 2.75) is 13.1 Å². The molecule has 8 nitrogen and oxygen atoms in total. The highest BCUT2D eigenvalue weighted by atomic mass is 19.4. The van der Waals surface area contributed by atoms with E-state index in [4.69, 9.17) is 4.74 Å². The standard InChI is InChI=1S/C26H19F3N6O2/c1-15-6-7-17(24(36)32-19-5-3-4-18(13-19)26(27,28)29)12-21(15)37-25-20-14-31-35(2)23(20)33-22(34-25)16-8-10-30-11-9-16/h3-14H,1-2H3,(H,32,36). The number of amides is 1. The smallest absolute Gasteiger partial charge is 0.416 e. The van der Waals surface area contributed by atoms with Crippen molar-refractivity contribution in [3.05, 3.63) is 89.9 Å². The zero-order chi connectivity index (χ0) is 26.2. The summed E-state index contributed by atoms with van der Waals surface area (Å²) in [5, 5.41) is 7.32. The van der Waals surface area contributed by atoms with E-state index >= 15 is 0 Å². The summed E-state index contributed by atoms with van der Waals surface area (Å²) in [6.45, 7) is 1.80. The molecule has 0 unspecified atom stereocenters. The van der Waals surface area contributed by atoms with Gasteiger partial charge in [0.2, 0.25) is 5.88 Å². The number of carbonyl (C=O) groups is 1. The summed E-state index contributed by atoms with van der Waals surface area (Å²) < 4.78 is 46.9. The minimum Gasteiger partial charge on any atom is -0.438 e. The van der Waals surface area contributed by atoms with E-state index in [2.05, 4.69) is 25.4 Å². The summed E-state index contributed by atoms with van der Waals surface area (Å²) in [4.78, 5) is 26.0. The molecule has 0 radical (unpaired) electrons. The molecule has 11 heteroatoms. The Morgan fingerprint density at radius 2 is 1.81 bits per heavy atom. The summed E-state index contributed by atoms with van der Waals surface area (Å²) in [6.07, 6.45) is 0.322. The van der Waals surface area contributed by atoms with Crippen LogP contribution in [-0.2, 0) is 13.2 Å². The Kier molecular flexibility index (Phi) is 6.04. The number of alkyl halides is 3. The van der Waals surface area contributed by atoms with Crippen molar-refractivity contribution in [3.8, 4) is 23.0 Å². The van der Waals surface area contributed by atoms with Gasteiger partial charge in [0.15, 0.2) is 11.5 Å². The van der Waals surface area contributed by atoms with Crippen LogP contribution in [-0.4, -0.2) is 30.6 Å². The highest BCUT2D eigenvalue weighted by Gasteiger charge is 2.30. The Morgan fingerprint density at radius 3 is 2.57 bits per heavy atom. The Morgan fingerprint density at radius 1 is 1.03 bits per heavy atom. The third kappa shape index (κ3) is 4.96. The number of pyridine rings is 1. The van der Waals surface area contributed by atoms with E-state index in [0.29, 0.717) is 22.6 Å². The van der Waals surface area contributed by atoms with Gasteiger partial charge in [-0.25, -0.2) is 4.98 Å². The fourth-order valence-electron chi connectivity index (χ4n) is 3.64. The first-order chi connectivity index (χ1) is 17.7. The molecule has 0 aliphatic heterocycles. The average molecular weight is 504 g/mol. The Balaban J connectivity index is 1.47. The molecule has 0 fully saturated rings. The van der Waals surface area contributed by atoms with E-state index in [1.54, 1.807) is 61.5 Å². The lowest BCUT2D eigenvalue weighted by molar-refractivity contribution is -0.137. The first-order valence-electron chi connectivity index (χ1n) is 11.1. The van der Waals surface area contributed by atoms with Crippen molar-refractivity contribution in [2.24, 2.45) is 7.05 Å². The third-order valence-corrected chi connectivity index (χ3v) is 5.60. The van der Waals surface area contributed by atoms with Crippen LogP contribution in [0.4, 0.5) is 18.9 Å². The molecule has 0 aliphatic rings. The Bertz CT molecular complexity index is 1620. The lowest BCUT2D eigenvalue weighted by Gasteiger charge is -2.13. The number of hydrogen-bond acceptors (Lipinski definition) is 6. The quantitative estimate of drug-likeness (QED) is 0.325. The number of anilines is 1. The molecule has 0 spiro atoms. The number of aryl methyl sites for hydroxylation is 2. The summed E-state index contributed by atoms with van der Waals surface area (Å²) >= 11 is 0. The number of nitrogens with zero attached hydrogens (tertiary/aromatic N) is 5. The van der Waals surface area contributed by atoms with Gasteiger partial charge in [0.1, 0.15) is 11.1 Å². The Labute approximate surface area is 208 Å². The number of aromatic nitrogens is 5. The lowest BCUT2D eigenvalue weighted by atomic mass is 10.1. The van der Waals surface area contributed by atoms with Gasteiger partial charge < -0.3 is 10.1 Å². The number of hydrogen-bond donors (Lipinski definition) is 1. The zero-order valence-electron chi connectivity index (χ0n) is 19.6. The SMILES string of the molecule is Cc1ccc(C(=O)Nc2cccc(C(F)(F)F)c2)cc1Oc1nc(-c2ccncc2)nc2c1cnn2C. The van der Waals surface area contributed by atoms with Crippen molar-refractivity contribution in [1.29, 1.82) is 0 Å². The second kappa shape index (κ2) is 9.34. The number of carbonyl (C=O) groups excluding carboxylic acids is 1. The largest absolute Gasteiger partial charge is 0.438 e. The summed E-state index contributed by atoms with van der Waals surface area (Å²) in [5.41, 5.74) is 1.37. The van der Waals surface area contributed by atoms with E-state index < -0.39 is 17.6 Å². The van der Waals surface area contributed by atoms with Crippen molar-refractivity contribution in [1.82, 2.24) is 24.7 Å². The molecule has 1 N–H and O–H groups in total. The number of benzene rings is 2. The van der Waals surface area contributed by atoms with Gasteiger partial charge in [0, 0.05) is 36.3 Å². The average Bonchev–Trinajstić information content (AvgIpc) is 3.26. The summed E-state index contributed by atoms with van der Waals surface area (Å²) in [5.74, 6) is 0.408. The van der Waals surface area contributed by atoms with Gasteiger partial charge in [0.25, 0.3) is 5.91 Å². The molecule has 0 bridgehead atoms. The third-order valence-electron chi connectivity index (χ3n) is 5.60. The Hall–Kier alpha value is -4.80. The normalized spacial score (nSPS) is 11.5. The first-order valence-corrected chi connectivity index (χ1v) is 11.1. The van der Waals surface area contributed by atoms with E-state index in [9.17, 15) is 18.0 Å². The molecule has 5 aromatic rings. The number of fused-ring (bicyclic) bond motifs is 1. The zero-order valence-corrected chi connectivity index (χ0v) is 19.6. The van der Waals surface area contributed by atoms with Crippen LogP contribution in [0.1, 0.15) is 21.5 Å². The first kappa shape index (κ1) is 23.9. The number of halogens is 3. The van der Waals surface area contributed by atoms with Crippen LogP contribution in [0.25, 0.3) is 22.4 Å². The van der Waals surface area contributed by atoms with Crippen molar-refractivity contribution >= 4 is 22.6 Å². The minimum absolute atomic E-state index is 0.0257. The molecule has 37 heavy (non-hydrogen) atoms. The summed E-state index contributed by atoms with van der Waals surface area (Å²) in [7, 11) is 1.75.